The van der Waals surface area contributed by atoms with Gasteiger partial charge in [-0.1, -0.05) is 53.7 Å². The molecule has 4 rings (SSSR count). The summed E-state index contributed by atoms with van der Waals surface area (Å²) in [6.07, 6.45) is -2.42. The normalized spacial score (nSPS) is 14.9. The summed E-state index contributed by atoms with van der Waals surface area (Å²) in [7, 11) is 0. The molecule has 1 aliphatic carbocycles. The summed E-state index contributed by atoms with van der Waals surface area (Å²) in [5.41, 5.74) is 0.126. The molecule has 10 heteroatoms. The number of thioether (sulfide) groups is 1. The summed E-state index contributed by atoms with van der Waals surface area (Å²) >= 11 is 7.21. The highest BCUT2D eigenvalue weighted by Gasteiger charge is 2.32. The van der Waals surface area contributed by atoms with Crippen LogP contribution >= 0.6 is 23.4 Å². The smallest absolute Gasteiger partial charge is 0.324 e. The minimum absolute atomic E-state index is 0.0341. The van der Waals surface area contributed by atoms with Crippen LogP contribution < -0.4 is 5.32 Å². The summed E-state index contributed by atoms with van der Waals surface area (Å²) in [4.78, 5) is 12.7. The Labute approximate surface area is 192 Å². The van der Waals surface area contributed by atoms with Gasteiger partial charge < -0.3 is 9.88 Å². The Balaban J connectivity index is 1.51. The first-order valence-corrected chi connectivity index (χ1v) is 11.3. The van der Waals surface area contributed by atoms with Crippen LogP contribution in [0.2, 0.25) is 5.02 Å². The van der Waals surface area contributed by atoms with Gasteiger partial charge >= 0.3 is 6.18 Å². The van der Waals surface area contributed by atoms with Gasteiger partial charge in [0.2, 0.25) is 5.91 Å². The summed E-state index contributed by atoms with van der Waals surface area (Å²) in [6.45, 7) is 2.25. The number of anilines is 1. The third-order valence-electron chi connectivity index (χ3n) is 5.07. The van der Waals surface area contributed by atoms with Crippen molar-refractivity contribution in [1.82, 2.24) is 14.8 Å². The summed E-state index contributed by atoms with van der Waals surface area (Å²) < 4.78 is 41.0. The number of aromatic nitrogens is 3. The molecule has 1 N–H and O–H groups in total. The number of hydrogen-bond donors (Lipinski definition) is 1. The first-order valence-electron chi connectivity index (χ1n) is 10.0. The molecule has 2 aromatic carbocycles. The number of carbonyl (C=O) groups excluding carboxylic acids is 1. The van der Waals surface area contributed by atoms with Crippen molar-refractivity contribution < 1.29 is 18.0 Å². The fraction of sp³-hybridized carbons (Fsp3) is 0.318. The maximum atomic E-state index is 13.0. The molecule has 32 heavy (non-hydrogen) atoms. The number of benzene rings is 2. The molecule has 0 bridgehead atoms. The molecule has 1 fully saturated rings. The van der Waals surface area contributed by atoms with Crippen molar-refractivity contribution in [2.24, 2.45) is 0 Å². The molecule has 0 spiro atoms. The Kier molecular flexibility index (Phi) is 6.48. The first-order chi connectivity index (χ1) is 15.2. The van der Waals surface area contributed by atoms with E-state index in [0.717, 1.165) is 42.4 Å². The number of hydrogen-bond acceptors (Lipinski definition) is 4. The van der Waals surface area contributed by atoms with Crippen LogP contribution in [0, 0.1) is 0 Å². The number of nitrogens with one attached hydrogen (secondary N) is 1. The number of alkyl halides is 3. The highest BCUT2D eigenvalue weighted by atomic mass is 35.5. The molecule has 0 saturated heterocycles. The van der Waals surface area contributed by atoms with Crippen LogP contribution in [0.5, 0.6) is 0 Å². The Morgan fingerprint density at radius 1 is 1.22 bits per heavy atom. The average molecular weight is 481 g/mol. The largest absolute Gasteiger partial charge is 0.416 e. The molecular weight excluding hydrogens is 461 g/mol. The molecule has 1 unspecified atom stereocenters. The van der Waals surface area contributed by atoms with Crippen LogP contribution in [-0.4, -0.2) is 25.9 Å². The van der Waals surface area contributed by atoms with Crippen LogP contribution in [0.25, 0.3) is 0 Å². The molecule has 1 saturated carbocycles. The van der Waals surface area contributed by atoms with Crippen LogP contribution in [0.4, 0.5) is 18.9 Å². The van der Waals surface area contributed by atoms with Gasteiger partial charge in [0, 0.05) is 5.92 Å². The van der Waals surface area contributed by atoms with E-state index < -0.39 is 22.9 Å². The van der Waals surface area contributed by atoms with Gasteiger partial charge in [0.15, 0.2) is 5.16 Å². The Morgan fingerprint density at radius 3 is 2.59 bits per heavy atom. The molecule has 0 aliphatic heterocycles. The topological polar surface area (TPSA) is 59.8 Å². The molecule has 1 aliphatic rings. The molecule has 1 atom stereocenters. The molecule has 168 valence electrons. The molecule has 0 radical (unpaired) electrons. The number of rotatable bonds is 7. The van der Waals surface area contributed by atoms with Gasteiger partial charge in [-0.05, 0) is 43.5 Å². The van der Waals surface area contributed by atoms with Crippen molar-refractivity contribution in [1.29, 1.82) is 0 Å². The Bertz CT molecular complexity index is 1120. The Hall–Kier alpha value is -2.52. The van der Waals surface area contributed by atoms with E-state index in [-0.39, 0.29) is 10.7 Å². The quantitative estimate of drug-likeness (QED) is 0.422. The van der Waals surface area contributed by atoms with Crippen LogP contribution in [0.3, 0.4) is 0 Å². The predicted molar refractivity (Wildman–Crippen MR) is 118 cm³/mol. The van der Waals surface area contributed by atoms with E-state index in [1.165, 1.54) is 11.8 Å². The van der Waals surface area contributed by atoms with Crippen molar-refractivity contribution in [3.8, 4) is 0 Å². The number of amides is 1. The van der Waals surface area contributed by atoms with Crippen molar-refractivity contribution in [2.45, 2.75) is 48.8 Å². The lowest BCUT2D eigenvalue weighted by Gasteiger charge is -2.15. The van der Waals surface area contributed by atoms with Crippen molar-refractivity contribution in [3.63, 3.8) is 0 Å². The van der Waals surface area contributed by atoms with Gasteiger partial charge in [-0.3, -0.25) is 4.79 Å². The van der Waals surface area contributed by atoms with Gasteiger partial charge in [0.05, 0.1) is 28.1 Å². The van der Waals surface area contributed by atoms with Crippen LogP contribution in [-0.2, 0) is 17.5 Å². The summed E-state index contributed by atoms with van der Waals surface area (Å²) in [5.74, 6) is 0.789. The van der Waals surface area contributed by atoms with E-state index in [4.69, 9.17) is 11.6 Å². The summed E-state index contributed by atoms with van der Waals surface area (Å²) in [6, 6.07) is 12.7. The van der Waals surface area contributed by atoms with E-state index in [2.05, 4.69) is 15.5 Å². The minimum atomic E-state index is -4.53. The number of halogens is 4. The molecule has 1 aromatic heterocycles. The van der Waals surface area contributed by atoms with Gasteiger partial charge in [0.1, 0.15) is 5.82 Å². The standard InChI is InChI=1S/C22H20ClF3N4OS/c1-13(20(31)27-18-11-16(22(24,25)26)9-10-17(18)23)32-21-29-28-19(15-7-8-15)30(21)12-14-5-3-2-4-6-14/h2-6,9-11,13,15H,7-8,12H2,1H3,(H,27,31). The maximum Gasteiger partial charge on any atom is 0.416 e. The predicted octanol–water partition coefficient (Wildman–Crippen LogP) is 6.00. The highest BCUT2D eigenvalue weighted by molar-refractivity contribution is 8.00. The fourth-order valence-electron chi connectivity index (χ4n) is 3.19. The molecule has 3 aromatic rings. The highest BCUT2D eigenvalue weighted by Crippen LogP contribution is 2.41. The Morgan fingerprint density at radius 2 is 1.94 bits per heavy atom. The van der Waals surface area contributed by atoms with Gasteiger partial charge in [-0.2, -0.15) is 13.2 Å². The van der Waals surface area contributed by atoms with E-state index in [1.807, 2.05) is 34.9 Å². The van der Waals surface area contributed by atoms with Gasteiger partial charge in [-0.25, -0.2) is 0 Å². The zero-order valence-electron chi connectivity index (χ0n) is 17.1. The minimum Gasteiger partial charge on any atom is -0.324 e. The van der Waals surface area contributed by atoms with E-state index >= 15 is 0 Å². The molecule has 1 amide bonds. The number of nitrogens with zero attached hydrogens (tertiary/aromatic N) is 3. The van der Waals surface area contributed by atoms with Crippen molar-refractivity contribution >= 4 is 35.0 Å². The van der Waals surface area contributed by atoms with Gasteiger partial charge in [-0.15, -0.1) is 10.2 Å². The SMILES string of the molecule is CC(Sc1nnc(C2CC2)n1Cc1ccccc1)C(=O)Nc1cc(C(F)(F)F)ccc1Cl. The lowest BCUT2D eigenvalue weighted by molar-refractivity contribution is -0.137. The molecule has 1 heterocycles. The lowest BCUT2D eigenvalue weighted by Crippen LogP contribution is -2.23. The first kappa shape index (κ1) is 22.7. The monoisotopic (exact) mass is 480 g/mol. The second-order valence-electron chi connectivity index (χ2n) is 7.63. The maximum absolute atomic E-state index is 13.0. The van der Waals surface area contributed by atoms with Crippen molar-refractivity contribution in [2.75, 3.05) is 5.32 Å². The third kappa shape index (κ3) is 5.27. The third-order valence-corrected chi connectivity index (χ3v) is 6.48. The summed E-state index contributed by atoms with van der Waals surface area (Å²) in [5, 5.41) is 11.1. The van der Waals surface area contributed by atoms with E-state index in [0.29, 0.717) is 17.6 Å². The second kappa shape index (κ2) is 9.15. The van der Waals surface area contributed by atoms with E-state index in [9.17, 15) is 18.0 Å². The molecular formula is C22H20ClF3N4OS. The van der Waals surface area contributed by atoms with Crippen LogP contribution in [0.1, 0.15) is 42.6 Å². The lowest BCUT2D eigenvalue weighted by atomic mass is 10.2. The zero-order chi connectivity index (χ0) is 22.9. The zero-order valence-corrected chi connectivity index (χ0v) is 18.6. The second-order valence-corrected chi connectivity index (χ2v) is 9.34. The average Bonchev–Trinajstić information content (AvgIpc) is 3.52. The van der Waals surface area contributed by atoms with Gasteiger partial charge in [0.25, 0.3) is 0 Å². The van der Waals surface area contributed by atoms with Crippen molar-refractivity contribution in [3.05, 3.63) is 70.5 Å². The number of carbonyl (C=O) groups is 1. The fourth-order valence-corrected chi connectivity index (χ4v) is 4.21. The van der Waals surface area contributed by atoms with E-state index in [1.54, 1.807) is 6.92 Å². The van der Waals surface area contributed by atoms with Crippen LogP contribution in [0.15, 0.2) is 53.7 Å². The molecule has 5 nitrogen and oxygen atoms in total.